The van der Waals surface area contributed by atoms with Gasteiger partial charge in [-0.2, -0.15) is 0 Å². The first-order valence-electron chi connectivity index (χ1n) is 11.3. The maximum absolute atomic E-state index is 13.4. The molecule has 2 atom stereocenters. The topological polar surface area (TPSA) is 67.9 Å². The molecule has 0 spiro atoms. The Balaban J connectivity index is 1.62. The third-order valence-electron chi connectivity index (χ3n) is 6.41. The zero-order valence-corrected chi connectivity index (χ0v) is 19.7. The van der Waals surface area contributed by atoms with Gasteiger partial charge < -0.3 is 14.4 Å². The zero-order chi connectivity index (χ0) is 23.4. The van der Waals surface area contributed by atoms with Crippen LogP contribution < -0.4 is 10.1 Å². The minimum Gasteiger partial charge on any atom is -0.497 e. The fourth-order valence-electron chi connectivity index (χ4n) is 4.67. The van der Waals surface area contributed by atoms with Gasteiger partial charge in [0.05, 0.1) is 14.2 Å². The van der Waals surface area contributed by atoms with E-state index in [9.17, 15) is 9.59 Å². The van der Waals surface area contributed by atoms with Gasteiger partial charge in [-0.05, 0) is 73.1 Å². The number of carbonyl (C=O) groups is 2. The Hall–Kier alpha value is -2.83. The van der Waals surface area contributed by atoms with Crippen molar-refractivity contribution in [2.75, 3.05) is 20.8 Å². The Morgan fingerprint density at radius 3 is 2.64 bits per heavy atom. The fourth-order valence-corrected chi connectivity index (χ4v) is 4.80. The molecule has 4 rings (SSSR count). The van der Waals surface area contributed by atoms with Crippen LogP contribution in [0.25, 0.3) is 0 Å². The van der Waals surface area contributed by atoms with E-state index >= 15 is 0 Å². The first kappa shape index (κ1) is 23.3. The lowest BCUT2D eigenvalue weighted by Crippen LogP contribution is -2.49. The first-order valence-corrected chi connectivity index (χ1v) is 11.6. The van der Waals surface area contributed by atoms with Crippen LogP contribution in [0.3, 0.4) is 0 Å². The Kier molecular flexibility index (Phi) is 7.36. The largest absolute Gasteiger partial charge is 0.497 e. The minimum absolute atomic E-state index is 0.0606. The number of rotatable bonds is 8. The maximum Gasteiger partial charge on any atom is 0.327 e. The van der Waals surface area contributed by atoms with E-state index in [-0.39, 0.29) is 12.1 Å². The smallest absolute Gasteiger partial charge is 0.327 e. The molecule has 33 heavy (non-hydrogen) atoms. The summed E-state index contributed by atoms with van der Waals surface area (Å²) in [7, 11) is 2.97. The van der Waals surface area contributed by atoms with Gasteiger partial charge in [-0.1, -0.05) is 35.9 Å². The summed E-state index contributed by atoms with van der Waals surface area (Å²) in [5, 5.41) is 4.14. The number of amides is 1. The van der Waals surface area contributed by atoms with Gasteiger partial charge in [0.15, 0.2) is 0 Å². The highest BCUT2D eigenvalue weighted by Crippen LogP contribution is 2.37. The standard InChI is InChI=1S/C26H29ClN2O4/c1-32-20-7-5-6-18(16-20)23(26(31)33-2)28-24-21-8-3-4-9-22(21)25(30)29(24)15-14-17-10-12-19(27)13-11-17/h5-7,10-13,16,23-24,28H,3-4,8-9,14-15H2,1-2H3. The third-order valence-corrected chi connectivity index (χ3v) is 6.67. The van der Waals surface area contributed by atoms with Crippen molar-refractivity contribution in [3.8, 4) is 5.75 Å². The van der Waals surface area contributed by atoms with Crippen LogP contribution in [0, 0.1) is 0 Å². The fraction of sp³-hybridized carbons (Fsp3) is 0.385. The number of benzene rings is 2. The van der Waals surface area contributed by atoms with Crippen molar-refractivity contribution in [2.45, 2.75) is 44.3 Å². The highest BCUT2D eigenvalue weighted by molar-refractivity contribution is 6.30. The molecule has 0 radical (unpaired) electrons. The molecule has 1 amide bonds. The summed E-state index contributed by atoms with van der Waals surface area (Å²) in [6, 6.07) is 14.3. The molecule has 1 aliphatic heterocycles. The Morgan fingerprint density at radius 1 is 1.15 bits per heavy atom. The van der Waals surface area contributed by atoms with Gasteiger partial charge in [-0.15, -0.1) is 0 Å². The van der Waals surface area contributed by atoms with Gasteiger partial charge in [-0.25, -0.2) is 4.79 Å². The van der Waals surface area contributed by atoms with E-state index in [1.807, 2.05) is 53.4 Å². The van der Waals surface area contributed by atoms with Crippen molar-refractivity contribution >= 4 is 23.5 Å². The molecule has 2 aromatic rings. The summed E-state index contributed by atoms with van der Waals surface area (Å²) in [4.78, 5) is 28.0. The molecule has 1 N–H and O–H groups in total. The van der Waals surface area contributed by atoms with Crippen molar-refractivity contribution in [2.24, 2.45) is 0 Å². The molecule has 0 bridgehead atoms. The van der Waals surface area contributed by atoms with Gasteiger partial charge in [0.1, 0.15) is 18.0 Å². The number of halogens is 1. The highest BCUT2D eigenvalue weighted by atomic mass is 35.5. The van der Waals surface area contributed by atoms with Gasteiger partial charge in [0.2, 0.25) is 0 Å². The molecule has 1 aliphatic carbocycles. The lowest BCUT2D eigenvalue weighted by molar-refractivity contribution is -0.144. The summed E-state index contributed by atoms with van der Waals surface area (Å²) >= 11 is 6.01. The Bertz CT molecular complexity index is 1050. The van der Waals surface area contributed by atoms with Crippen LogP contribution in [-0.2, 0) is 20.7 Å². The van der Waals surface area contributed by atoms with Crippen molar-refractivity contribution in [3.05, 3.63) is 75.8 Å². The molecule has 2 unspecified atom stereocenters. The lowest BCUT2D eigenvalue weighted by Gasteiger charge is -2.31. The van der Waals surface area contributed by atoms with Crippen molar-refractivity contribution < 1.29 is 19.1 Å². The second-order valence-corrected chi connectivity index (χ2v) is 8.82. The molecule has 2 aromatic carbocycles. The number of hydrogen-bond donors (Lipinski definition) is 1. The van der Waals surface area contributed by atoms with E-state index in [0.717, 1.165) is 48.0 Å². The predicted octanol–water partition coefficient (Wildman–Crippen LogP) is 4.43. The summed E-state index contributed by atoms with van der Waals surface area (Å²) < 4.78 is 10.5. The molecule has 0 saturated heterocycles. The summed E-state index contributed by atoms with van der Waals surface area (Å²) in [5.41, 5.74) is 3.83. The number of esters is 1. The van der Waals surface area contributed by atoms with E-state index < -0.39 is 12.0 Å². The number of carbonyl (C=O) groups excluding carboxylic acids is 2. The zero-order valence-electron chi connectivity index (χ0n) is 19.0. The van der Waals surface area contributed by atoms with Gasteiger partial charge >= 0.3 is 5.97 Å². The molecule has 2 aliphatic rings. The average Bonchev–Trinajstić information content (AvgIpc) is 3.12. The molecule has 6 nitrogen and oxygen atoms in total. The van der Waals surface area contributed by atoms with Crippen LogP contribution in [0.4, 0.5) is 0 Å². The first-order chi connectivity index (χ1) is 16.0. The molecular weight excluding hydrogens is 440 g/mol. The van der Waals surface area contributed by atoms with Gasteiger partial charge in [-0.3, -0.25) is 10.1 Å². The van der Waals surface area contributed by atoms with Crippen molar-refractivity contribution in [1.82, 2.24) is 10.2 Å². The van der Waals surface area contributed by atoms with Crippen LogP contribution in [0.5, 0.6) is 5.75 Å². The molecular formula is C26H29ClN2O4. The number of nitrogens with one attached hydrogen (secondary N) is 1. The summed E-state index contributed by atoms with van der Waals surface area (Å²) in [6.45, 7) is 0.539. The monoisotopic (exact) mass is 468 g/mol. The van der Waals surface area contributed by atoms with Gasteiger partial charge in [0.25, 0.3) is 5.91 Å². The second-order valence-electron chi connectivity index (χ2n) is 8.39. The number of nitrogens with zero attached hydrogens (tertiary/aromatic N) is 1. The molecule has 0 saturated carbocycles. The number of methoxy groups -OCH3 is 2. The van der Waals surface area contributed by atoms with Gasteiger partial charge in [0, 0.05) is 17.1 Å². The van der Waals surface area contributed by atoms with E-state index in [4.69, 9.17) is 21.1 Å². The molecule has 0 fully saturated rings. The third kappa shape index (κ3) is 5.07. The molecule has 1 heterocycles. The van der Waals surface area contributed by atoms with Crippen LogP contribution in [0.1, 0.15) is 42.9 Å². The highest BCUT2D eigenvalue weighted by Gasteiger charge is 2.41. The Labute approximate surface area is 199 Å². The van der Waals surface area contributed by atoms with E-state index in [2.05, 4.69) is 5.32 Å². The van der Waals surface area contributed by atoms with Crippen LogP contribution in [-0.4, -0.2) is 43.7 Å². The molecule has 7 heteroatoms. The van der Waals surface area contributed by atoms with Crippen molar-refractivity contribution in [1.29, 1.82) is 0 Å². The van der Waals surface area contributed by atoms with E-state index in [1.54, 1.807) is 7.11 Å². The van der Waals surface area contributed by atoms with Crippen LogP contribution in [0.2, 0.25) is 5.02 Å². The normalized spacial score (nSPS) is 18.8. The maximum atomic E-state index is 13.4. The summed E-state index contributed by atoms with van der Waals surface area (Å²) in [6.07, 6.45) is 4.03. The molecule has 174 valence electrons. The quantitative estimate of drug-likeness (QED) is 0.580. The van der Waals surface area contributed by atoms with E-state index in [1.165, 1.54) is 7.11 Å². The number of hydrogen-bond acceptors (Lipinski definition) is 5. The van der Waals surface area contributed by atoms with Crippen LogP contribution in [0.15, 0.2) is 59.7 Å². The van der Waals surface area contributed by atoms with E-state index in [0.29, 0.717) is 23.7 Å². The molecule has 0 aromatic heterocycles. The average molecular weight is 469 g/mol. The number of ether oxygens (including phenoxy) is 2. The lowest BCUT2D eigenvalue weighted by atomic mass is 9.92. The van der Waals surface area contributed by atoms with Crippen LogP contribution >= 0.6 is 11.6 Å². The second kappa shape index (κ2) is 10.4. The minimum atomic E-state index is -0.727. The SMILES string of the molecule is COC(=O)C(NC1C2=C(CCCC2)C(=O)N1CCc1ccc(Cl)cc1)c1cccc(OC)c1. The predicted molar refractivity (Wildman–Crippen MR) is 127 cm³/mol. The Morgan fingerprint density at radius 2 is 1.91 bits per heavy atom. The van der Waals surface area contributed by atoms with Crippen molar-refractivity contribution in [3.63, 3.8) is 0 Å². The summed E-state index contributed by atoms with van der Waals surface area (Å²) in [5.74, 6) is 0.312.